The Morgan fingerprint density at radius 2 is 2.29 bits per heavy atom. The summed E-state index contributed by atoms with van der Waals surface area (Å²) in [4.78, 5) is 11.6. The van der Waals surface area contributed by atoms with Crippen LogP contribution in [0.25, 0.3) is 0 Å². The number of carbonyl (C=O) groups is 1. The van der Waals surface area contributed by atoms with Crippen LogP contribution >= 0.6 is 11.5 Å². The molecule has 0 saturated heterocycles. The summed E-state index contributed by atoms with van der Waals surface area (Å²) in [5.41, 5.74) is 3.67. The number of nitrogens with zero attached hydrogens (tertiary/aromatic N) is 3. The van der Waals surface area contributed by atoms with Crippen LogP contribution in [0.2, 0.25) is 0 Å². The van der Waals surface area contributed by atoms with Crippen molar-refractivity contribution in [2.75, 3.05) is 19.1 Å². The molecule has 110 valence electrons. The number of carbonyl (C=O) groups excluding carboxylic acids is 1. The van der Waals surface area contributed by atoms with Crippen LogP contribution in [0.5, 0.6) is 5.75 Å². The van der Waals surface area contributed by atoms with E-state index in [1.807, 2.05) is 24.3 Å². The maximum atomic E-state index is 11.6. The van der Waals surface area contributed by atoms with Gasteiger partial charge in [0.2, 0.25) is 5.69 Å². The van der Waals surface area contributed by atoms with Crippen molar-refractivity contribution < 1.29 is 14.3 Å². The number of rotatable bonds is 6. The molecule has 1 heterocycles. The first kappa shape index (κ1) is 14.9. The average molecular weight is 306 g/mol. The summed E-state index contributed by atoms with van der Waals surface area (Å²) >= 11 is 1.03. The number of ether oxygens (including phenoxy) is 2. The molecule has 7 nitrogen and oxygen atoms in total. The van der Waals surface area contributed by atoms with Crippen molar-refractivity contribution in [3.05, 3.63) is 35.5 Å². The molecule has 0 unspecified atom stereocenters. The molecule has 0 atom stereocenters. The van der Waals surface area contributed by atoms with E-state index in [4.69, 9.17) is 9.47 Å². The van der Waals surface area contributed by atoms with Crippen LogP contribution in [0.15, 0.2) is 29.4 Å². The van der Waals surface area contributed by atoms with Gasteiger partial charge in [-0.15, -0.1) is 5.10 Å². The van der Waals surface area contributed by atoms with Crippen molar-refractivity contribution in [1.82, 2.24) is 9.59 Å². The summed E-state index contributed by atoms with van der Waals surface area (Å²) in [6.07, 6.45) is 1.59. The highest BCUT2D eigenvalue weighted by atomic mass is 32.1. The first-order valence-corrected chi connectivity index (χ1v) is 6.95. The summed E-state index contributed by atoms with van der Waals surface area (Å²) in [7, 11) is 1.59. The predicted molar refractivity (Wildman–Crippen MR) is 80.1 cm³/mol. The molecule has 0 fully saturated rings. The predicted octanol–water partition coefficient (Wildman–Crippen LogP) is 2.17. The number of anilines is 1. The van der Waals surface area contributed by atoms with Crippen LogP contribution in [0.1, 0.15) is 23.0 Å². The van der Waals surface area contributed by atoms with Crippen LogP contribution in [0, 0.1) is 0 Å². The van der Waals surface area contributed by atoms with Gasteiger partial charge in [-0.05, 0) is 19.1 Å². The molecule has 0 spiro atoms. The van der Waals surface area contributed by atoms with Gasteiger partial charge in [0.05, 0.1) is 19.9 Å². The Morgan fingerprint density at radius 1 is 1.48 bits per heavy atom. The maximum absolute atomic E-state index is 11.6. The van der Waals surface area contributed by atoms with Crippen LogP contribution < -0.4 is 10.2 Å². The van der Waals surface area contributed by atoms with Gasteiger partial charge < -0.3 is 9.47 Å². The highest BCUT2D eigenvalue weighted by Gasteiger charge is 2.17. The molecule has 1 aromatic heterocycles. The van der Waals surface area contributed by atoms with Crippen molar-refractivity contribution in [3.63, 3.8) is 0 Å². The Morgan fingerprint density at radius 3 is 3.05 bits per heavy atom. The van der Waals surface area contributed by atoms with Crippen molar-refractivity contribution in [2.45, 2.75) is 6.92 Å². The molecule has 2 aromatic rings. The lowest BCUT2D eigenvalue weighted by Crippen LogP contribution is -2.07. The fourth-order valence-corrected chi connectivity index (χ4v) is 2.04. The highest BCUT2D eigenvalue weighted by molar-refractivity contribution is 7.10. The van der Waals surface area contributed by atoms with E-state index in [0.29, 0.717) is 10.8 Å². The van der Waals surface area contributed by atoms with E-state index < -0.39 is 5.97 Å². The smallest absolute Gasteiger partial charge is 0.362 e. The lowest BCUT2D eigenvalue weighted by atomic mass is 10.2. The van der Waals surface area contributed by atoms with E-state index in [0.717, 1.165) is 17.1 Å². The first-order chi connectivity index (χ1) is 10.3. The van der Waals surface area contributed by atoms with Gasteiger partial charge in [0.1, 0.15) is 5.75 Å². The van der Waals surface area contributed by atoms with E-state index >= 15 is 0 Å². The largest absolute Gasteiger partial charge is 0.496 e. The van der Waals surface area contributed by atoms with E-state index in [1.54, 1.807) is 20.2 Å². The number of hydrogen-bond donors (Lipinski definition) is 1. The van der Waals surface area contributed by atoms with Gasteiger partial charge in [-0.2, -0.15) is 5.10 Å². The van der Waals surface area contributed by atoms with Gasteiger partial charge in [-0.1, -0.05) is 16.6 Å². The molecule has 1 N–H and O–H groups in total. The zero-order valence-corrected chi connectivity index (χ0v) is 12.4. The lowest BCUT2D eigenvalue weighted by Gasteiger charge is -2.03. The number of para-hydroxylation sites is 1. The Labute approximate surface area is 125 Å². The van der Waals surface area contributed by atoms with Crippen molar-refractivity contribution in [3.8, 4) is 5.75 Å². The minimum Gasteiger partial charge on any atom is -0.496 e. The molecule has 0 amide bonds. The van der Waals surface area contributed by atoms with Crippen molar-refractivity contribution >= 4 is 28.7 Å². The molecule has 0 aliphatic rings. The molecule has 0 aliphatic carbocycles. The molecule has 0 saturated carbocycles. The Balaban J connectivity index is 2.08. The molecule has 0 aliphatic heterocycles. The molecule has 0 radical (unpaired) electrons. The number of aromatic nitrogens is 2. The molecule has 2 rings (SSSR count). The molecule has 8 heteroatoms. The van der Waals surface area contributed by atoms with Crippen LogP contribution in [-0.4, -0.2) is 35.5 Å². The van der Waals surface area contributed by atoms with Crippen LogP contribution in [-0.2, 0) is 4.74 Å². The van der Waals surface area contributed by atoms with Crippen LogP contribution in [0.3, 0.4) is 0 Å². The Bertz CT molecular complexity index is 642. The van der Waals surface area contributed by atoms with Crippen LogP contribution in [0.4, 0.5) is 5.00 Å². The third kappa shape index (κ3) is 3.76. The van der Waals surface area contributed by atoms with E-state index in [-0.39, 0.29) is 12.3 Å². The Hall–Kier alpha value is -2.48. The number of esters is 1. The molecular weight excluding hydrogens is 292 g/mol. The fourth-order valence-electron chi connectivity index (χ4n) is 1.53. The van der Waals surface area contributed by atoms with Gasteiger partial charge >= 0.3 is 5.97 Å². The summed E-state index contributed by atoms with van der Waals surface area (Å²) in [6, 6.07) is 7.44. The third-order valence-electron chi connectivity index (χ3n) is 2.47. The summed E-state index contributed by atoms with van der Waals surface area (Å²) in [5.74, 6) is 0.178. The van der Waals surface area contributed by atoms with Crippen molar-refractivity contribution in [2.24, 2.45) is 5.10 Å². The summed E-state index contributed by atoms with van der Waals surface area (Å²) < 4.78 is 13.8. The number of hydrazone groups is 1. The molecule has 0 bridgehead atoms. The number of nitrogens with one attached hydrogen (secondary N) is 1. The fraction of sp³-hybridized carbons (Fsp3) is 0.231. The standard InChI is InChI=1S/C13H14N4O3S/c1-3-20-13(18)11-12(21-17-15-11)16-14-8-9-6-4-5-7-10(9)19-2/h4-8,16H,3H2,1-2H3/b14-8-. The van der Waals surface area contributed by atoms with Gasteiger partial charge in [-0.25, -0.2) is 4.79 Å². The van der Waals surface area contributed by atoms with Gasteiger partial charge in [0.25, 0.3) is 0 Å². The summed E-state index contributed by atoms with van der Waals surface area (Å²) in [5, 5.41) is 8.22. The van der Waals surface area contributed by atoms with E-state index in [2.05, 4.69) is 20.1 Å². The number of benzene rings is 1. The molecule has 1 aromatic carbocycles. The van der Waals surface area contributed by atoms with Gasteiger partial charge in [-0.3, -0.25) is 5.43 Å². The zero-order valence-electron chi connectivity index (χ0n) is 11.6. The van der Waals surface area contributed by atoms with E-state index in [1.165, 1.54) is 0 Å². The zero-order chi connectivity index (χ0) is 15.1. The monoisotopic (exact) mass is 306 g/mol. The minimum atomic E-state index is -0.527. The second-order valence-corrected chi connectivity index (χ2v) is 4.54. The van der Waals surface area contributed by atoms with E-state index in [9.17, 15) is 4.79 Å². The highest BCUT2D eigenvalue weighted by Crippen LogP contribution is 2.19. The lowest BCUT2D eigenvalue weighted by molar-refractivity contribution is 0.0520. The molecule has 21 heavy (non-hydrogen) atoms. The Kier molecular flexibility index (Phi) is 5.22. The second kappa shape index (κ2) is 7.34. The van der Waals surface area contributed by atoms with Gasteiger partial charge in [0, 0.05) is 17.1 Å². The topological polar surface area (TPSA) is 85.7 Å². The normalized spacial score (nSPS) is 10.6. The quantitative estimate of drug-likeness (QED) is 0.500. The number of methoxy groups -OCH3 is 1. The van der Waals surface area contributed by atoms with Gasteiger partial charge in [0.15, 0.2) is 5.00 Å². The second-order valence-electron chi connectivity index (χ2n) is 3.78. The summed E-state index contributed by atoms with van der Waals surface area (Å²) in [6.45, 7) is 2.00. The van der Waals surface area contributed by atoms with Crippen molar-refractivity contribution in [1.29, 1.82) is 0 Å². The average Bonchev–Trinajstić information content (AvgIpc) is 2.96. The SMILES string of the molecule is CCOC(=O)c1nnsc1N/N=C\c1ccccc1OC. The number of hydrogen-bond acceptors (Lipinski definition) is 8. The molecular formula is C13H14N4O3S. The minimum absolute atomic E-state index is 0.124. The third-order valence-corrected chi connectivity index (χ3v) is 3.10. The maximum Gasteiger partial charge on any atom is 0.362 e. The first-order valence-electron chi connectivity index (χ1n) is 6.17.